The van der Waals surface area contributed by atoms with Gasteiger partial charge < -0.3 is 14.7 Å². The summed E-state index contributed by atoms with van der Waals surface area (Å²) in [6, 6.07) is 3.34. The Balaban J connectivity index is 0.00000136. The van der Waals surface area contributed by atoms with Gasteiger partial charge in [0.15, 0.2) is 11.5 Å². The summed E-state index contributed by atoms with van der Waals surface area (Å²) < 4.78 is 5.57. The minimum Gasteiger partial charge on any atom is -0.505 e. The second kappa shape index (κ2) is 10.0. The van der Waals surface area contributed by atoms with E-state index in [0.29, 0.717) is 41.6 Å². The zero-order chi connectivity index (χ0) is 20.5. The SMILES string of the molecule is C=CCC#CC1=C(C)N(C(=O)c2ccc3c(c2O)=NCC#CC=3)CCO1.CC. The molecule has 2 aliphatic rings. The fourth-order valence-electron chi connectivity index (χ4n) is 2.71. The molecule has 0 fully saturated rings. The van der Waals surface area contributed by atoms with E-state index < -0.39 is 0 Å². The molecule has 0 aromatic heterocycles. The van der Waals surface area contributed by atoms with Crippen LogP contribution in [0.15, 0.2) is 41.2 Å². The molecule has 3 rings (SSSR count). The normalized spacial score (nSPS) is 14.0. The van der Waals surface area contributed by atoms with Gasteiger partial charge in [-0.05, 0) is 25.0 Å². The van der Waals surface area contributed by atoms with Crippen LogP contribution < -0.4 is 10.6 Å². The fourth-order valence-corrected chi connectivity index (χ4v) is 2.71. The van der Waals surface area contributed by atoms with Crippen molar-refractivity contribution in [2.45, 2.75) is 27.2 Å². The first-order valence-corrected chi connectivity index (χ1v) is 9.24. The predicted octanol–water partition coefficient (Wildman–Crippen LogP) is 2.12. The molecule has 0 saturated carbocycles. The molecular weight excluding hydrogens is 352 g/mol. The van der Waals surface area contributed by atoms with E-state index in [9.17, 15) is 9.90 Å². The van der Waals surface area contributed by atoms with E-state index in [1.807, 2.05) is 13.8 Å². The van der Waals surface area contributed by atoms with Crippen LogP contribution in [0, 0.1) is 23.7 Å². The number of hydrogen-bond acceptors (Lipinski definition) is 4. The van der Waals surface area contributed by atoms with Gasteiger partial charge in [0.1, 0.15) is 18.5 Å². The molecule has 28 heavy (non-hydrogen) atoms. The van der Waals surface area contributed by atoms with E-state index >= 15 is 0 Å². The number of amides is 1. The van der Waals surface area contributed by atoms with Crippen molar-refractivity contribution in [1.29, 1.82) is 0 Å². The van der Waals surface area contributed by atoms with Gasteiger partial charge in [-0.15, -0.1) is 6.58 Å². The summed E-state index contributed by atoms with van der Waals surface area (Å²) in [5.41, 5.74) is 0.821. The van der Waals surface area contributed by atoms with Gasteiger partial charge in [-0.25, -0.2) is 0 Å². The number of fused-ring (bicyclic) bond motifs is 1. The van der Waals surface area contributed by atoms with Crippen LogP contribution in [0.2, 0.25) is 0 Å². The quantitative estimate of drug-likeness (QED) is 0.635. The molecule has 2 heterocycles. The van der Waals surface area contributed by atoms with Gasteiger partial charge in [-0.2, -0.15) is 0 Å². The van der Waals surface area contributed by atoms with E-state index in [2.05, 4.69) is 35.3 Å². The molecule has 0 aliphatic carbocycles. The smallest absolute Gasteiger partial charge is 0.262 e. The van der Waals surface area contributed by atoms with E-state index in [-0.39, 0.29) is 23.8 Å². The maximum absolute atomic E-state index is 13.0. The lowest BCUT2D eigenvalue weighted by Gasteiger charge is -2.29. The predicted molar refractivity (Wildman–Crippen MR) is 110 cm³/mol. The Morgan fingerprint density at radius 1 is 1.46 bits per heavy atom. The molecule has 0 atom stereocenters. The molecule has 5 nitrogen and oxygen atoms in total. The zero-order valence-corrected chi connectivity index (χ0v) is 16.5. The molecule has 0 saturated heterocycles. The Hall–Kier alpha value is -3.44. The van der Waals surface area contributed by atoms with Crippen molar-refractivity contribution in [2.24, 2.45) is 4.99 Å². The third-order valence-electron chi connectivity index (χ3n) is 4.05. The molecule has 1 aromatic rings. The van der Waals surface area contributed by atoms with Crippen LogP contribution in [-0.4, -0.2) is 35.6 Å². The lowest BCUT2D eigenvalue weighted by molar-refractivity contribution is 0.0696. The maximum Gasteiger partial charge on any atom is 0.262 e. The average Bonchev–Trinajstić information content (AvgIpc) is 2.97. The highest BCUT2D eigenvalue weighted by molar-refractivity contribution is 5.98. The summed E-state index contributed by atoms with van der Waals surface area (Å²) in [7, 11) is 0. The Morgan fingerprint density at radius 2 is 2.25 bits per heavy atom. The summed E-state index contributed by atoms with van der Waals surface area (Å²) >= 11 is 0. The monoisotopic (exact) mass is 376 g/mol. The number of allylic oxidation sites excluding steroid dienone is 3. The number of rotatable bonds is 2. The van der Waals surface area contributed by atoms with Crippen LogP contribution in [0.1, 0.15) is 37.6 Å². The first-order chi connectivity index (χ1) is 13.6. The second-order valence-corrected chi connectivity index (χ2v) is 5.70. The van der Waals surface area contributed by atoms with Crippen molar-refractivity contribution in [3.05, 3.63) is 52.4 Å². The molecule has 0 bridgehead atoms. The number of nitrogens with zero attached hydrogens (tertiary/aromatic N) is 2. The summed E-state index contributed by atoms with van der Waals surface area (Å²) in [5.74, 6) is 11.6. The minimum atomic E-state index is -0.311. The number of carbonyl (C=O) groups is 1. The zero-order valence-electron chi connectivity index (χ0n) is 16.5. The van der Waals surface area contributed by atoms with Crippen molar-refractivity contribution in [3.63, 3.8) is 0 Å². The summed E-state index contributed by atoms with van der Waals surface area (Å²) in [5, 5.41) is 11.7. The summed E-state index contributed by atoms with van der Waals surface area (Å²) in [6.07, 6.45) is 3.93. The molecule has 5 heteroatoms. The molecule has 0 spiro atoms. The van der Waals surface area contributed by atoms with E-state index in [1.165, 1.54) is 0 Å². The topological polar surface area (TPSA) is 62.1 Å². The third-order valence-corrected chi connectivity index (χ3v) is 4.05. The first kappa shape index (κ1) is 20.9. The van der Waals surface area contributed by atoms with Gasteiger partial charge >= 0.3 is 0 Å². The molecule has 0 radical (unpaired) electrons. The highest BCUT2D eigenvalue weighted by Gasteiger charge is 2.26. The van der Waals surface area contributed by atoms with Crippen molar-refractivity contribution in [1.82, 2.24) is 4.90 Å². The Morgan fingerprint density at radius 3 is 3.00 bits per heavy atom. The number of aromatic hydroxyl groups is 1. The Bertz CT molecular complexity index is 1040. The van der Waals surface area contributed by atoms with Crippen LogP contribution in [0.25, 0.3) is 6.08 Å². The summed E-state index contributed by atoms with van der Waals surface area (Å²) in [6.45, 7) is 10.4. The van der Waals surface area contributed by atoms with E-state index in [0.717, 1.165) is 0 Å². The standard InChI is InChI=1S/C21H18N2O3.C2H6/c1-3-4-5-9-18-15(2)23(13-14-26-18)21(25)17-11-10-16-8-6-7-12-22-19(16)20(17)24;1-2/h3,8,10-11,24H,1,4,12-14H2,2H3;1-2H3. The van der Waals surface area contributed by atoms with Crippen molar-refractivity contribution >= 4 is 12.0 Å². The van der Waals surface area contributed by atoms with Gasteiger partial charge in [0.05, 0.1) is 17.8 Å². The van der Waals surface area contributed by atoms with Gasteiger partial charge in [0.2, 0.25) is 0 Å². The molecular formula is C23H24N2O3. The Labute approximate surface area is 165 Å². The highest BCUT2D eigenvalue weighted by Crippen LogP contribution is 2.21. The van der Waals surface area contributed by atoms with Crippen molar-refractivity contribution < 1.29 is 14.6 Å². The average molecular weight is 376 g/mol. The minimum absolute atomic E-state index is 0.132. The lowest BCUT2D eigenvalue weighted by Crippen LogP contribution is -2.38. The first-order valence-electron chi connectivity index (χ1n) is 9.24. The van der Waals surface area contributed by atoms with Gasteiger partial charge in [0, 0.05) is 11.6 Å². The molecule has 1 aromatic carbocycles. The molecule has 1 amide bonds. The number of hydrogen-bond donors (Lipinski definition) is 1. The van der Waals surface area contributed by atoms with Crippen molar-refractivity contribution in [2.75, 3.05) is 19.7 Å². The van der Waals surface area contributed by atoms with Gasteiger partial charge in [-0.1, -0.05) is 43.8 Å². The molecule has 2 aliphatic heterocycles. The number of phenolic OH excluding ortho intramolecular Hbond substituents is 1. The van der Waals surface area contributed by atoms with Crippen LogP contribution in [0.4, 0.5) is 0 Å². The van der Waals surface area contributed by atoms with Crippen LogP contribution >= 0.6 is 0 Å². The molecule has 144 valence electrons. The number of benzene rings is 1. The second-order valence-electron chi connectivity index (χ2n) is 5.70. The lowest BCUT2D eigenvalue weighted by atomic mass is 10.1. The van der Waals surface area contributed by atoms with Crippen molar-refractivity contribution in [3.8, 4) is 29.4 Å². The Kier molecular flexibility index (Phi) is 7.48. The van der Waals surface area contributed by atoms with Gasteiger partial charge in [0.25, 0.3) is 5.91 Å². The third kappa shape index (κ3) is 4.45. The number of phenols is 1. The van der Waals surface area contributed by atoms with E-state index in [4.69, 9.17) is 4.74 Å². The van der Waals surface area contributed by atoms with Crippen LogP contribution in [-0.2, 0) is 4.74 Å². The highest BCUT2D eigenvalue weighted by atomic mass is 16.5. The number of carbonyl (C=O) groups excluding carboxylic acids is 1. The van der Waals surface area contributed by atoms with Gasteiger partial charge in [-0.3, -0.25) is 9.79 Å². The van der Waals surface area contributed by atoms with E-state index in [1.54, 1.807) is 36.1 Å². The van der Waals surface area contributed by atoms with Crippen LogP contribution in [0.3, 0.4) is 0 Å². The number of ether oxygens (including phenoxy) is 1. The summed E-state index contributed by atoms with van der Waals surface area (Å²) in [4.78, 5) is 18.8. The maximum atomic E-state index is 13.0. The molecule has 1 N–H and O–H groups in total. The fraction of sp³-hybridized carbons (Fsp3) is 0.304. The largest absolute Gasteiger partial charge is 0.505 e. The van der Waals surface area contributed by atoms with Crippen LogP contribution in [0.5, 0.6) is 5.75 Å². The molecule has 0 unspecified atom stereocenters.